The fourth-order valence-corrected chi connectivity index (χ4v) is 2.03. The van der Waals surface area contributed by atoms with Crippen LogP contribution < -0.4 is 4.74 Å². The Morgan fingerprint density at radius 3 is 2.45 bits per heavy atom. The third-order valence-corrected chi connectivity index (χ3v) is 3.15. The lowest BCUT2D eigenvalue weighted by Crippen LogP contribution is -2.24. The van der Waals surface area contributed by atoms with E-state index in [1.165, 1.54) is 0 Å². The second-order valence-corrected chi connectivity index (χ2v) is 6.02. The fourth-order valence-electron chi connectivity index (χ4n) is 2.03. The lowest BCUT2D eigenvalue weighted by atomic mass is 10.1. The van der Waals surface area contributed by atoms with Crippen LogP contribution >= 0.6 is 0 Å². The molecule has 0 aliphatic heterocycles. The molecule has 0 unspecified atom stereocenters. The Morgan fingerprint density at radius 2 is 1.95 bits per heavy atom. The van der Waals surface area contributed by atoms with Gasteiger partial charge in [-0.1, -0.05) is 0 Å². The Kier molecular flexibility index (Phi) is 4.21. The second-order valence-electron chi connectivity index (χ2n) is 6.02. The minimum absolute atomic E-state index is 0.271. The molecule has 22 heavy (non-hydrogen) atoms. The minimum Gasteiger partial charge on any atom is -0.495 e. The van der Waals surface area contributed by atoms with Crippen LogP contribution in [-0.2, 0) is 11.8 Å². The highest BCUT2D eigenvalue weighted by atomic mass is 16.6. The van der Waals surface area contributed by atoms with E-state index >= 15 is 0 Å². The molecule has 0 bridgehead atoms. The van der Waals surface area contributed by atoms with Gasteiger partial charge in [-0.3, -0.25) is 9.67 Å². The van der Waals surface area contributed by atoms with Crippen molar-refractivity contribution in [2.45, 2.75) is 33.3 Å². The first-order valence-electron chi connectivity index (χ1n) is 7.00. The van der Waals surface area contributed by atoms with E-state index in [4.69, 9.17) is 9.47 Å². The number of carbonyl (C=O) groups excluding carboxylic acids is 1. The van der Waals surface area contributed by atoms with E-state index in [-0.39, 0.29) is 5.69 Å². The number of rotatable bonds is 3. The molecular formula is C16H21N3O3. The van der Waals surface area contributed by atoms with Gasteiger partial charge in [0.2, 0.25) is 0 Å². The number of hydrogen-bond donors (Lipinski definition) is 0. The van der Waals surface area contributed by atoms with Crippen LogP contribution in [0.15, 0.2) is 18.3 Å². The van der Waals surface area contributed by atoms with Crippen molar-refractivity contribution in [3.8, 4) is 17.0 Å². The van der Waals surface area contributed by atoms with Gasteiger partial charge in [0.1, 0.15) is 11.4 Å². The summed E-state index contributed by atoms with van der Waals surface area (Å²) in [5.41, 5.74) is 1.88. The van der Waals surface area contributed by atoms with Crippen molar-refractivity contribution in [3.63, 3.8) is 0 Å². The van der Waals surface area contributed by atoms with Crippen molar-refractivity contribution in [3.05, 3.63) is 29.7 Å². The van der Waals surface area contributed by atoms with Gasteiger partial charge in [0, 0.05) is 12.7 Å². The smallest absolute Gasteiger partial charge is 0.360 e. The highest BCUT2D eigenvalue weighted by molar-refractivity contribution is 5.95. The molecule has 0 atom stereocenters. The second kappa shape index (κ2) is 5.79. The van der Waals surface area contributed by atoms with Gasteiger partial charge in [-0.2, -0.15) is 5.10 Å². The average Bonchev–Trinajstić information content (AvgIpc) is 2.73. The third kappa shape index (κ3) is 3.27. The number of hydrogen-bond acceptors (Lipinski definition) is 5. The van der Waals surface area contributed by atoms with E-state index < -0.39 is 11.6 Å². The van der Waals surface area contributed by atoms with Crippen molar-refractivity contribution < 1.29 is 14.3 Å². The van der Waals surface area contributed by atoms with Crippen LogP contribution in [0.2, 0.25) is 0 Å². The van der Waals surface area contributed by atoms with Gasteiger partial charge in [-0.15, -0.1) is 0 Å². The van der Waals surface area contributed by atoms with Crippen LogP contribution in [-0.4, -0.2) is 33.4 Å². The van der Waals surface area contributed by atoms with Crippen LogP contribution in [0.25, 0.3) is 11.3 Å². The zero-order chi connectivity index (χ0) is 16.5. The topological polar surface area (TPSA) is 66.2 Å². The standard InChI is InChI=1S/C16H21N3O3/c1-10-13(12-8-7-11(21-6)9-17-12)14(18-19(10)5)15(20)22-16(2,3)4/h7-9H,1-6H3. The molecule has 0 amide bonds. The van der Waals surface area contributed by atoms with Crippen LogP contribution in [0.4, 0.5) is 0 Å². The summed E-state index contributed by atoms with van der Waals surface area (Å²) in [5.74, 6) is 0.202. The number of ether oxygens (including phenoxy) is 2. The van der Waals surface area contributed by atoms with Gasteiger partial charge in [0.25, 0.3) is 0 Å². The van der Waals surface area contributed by atoms with E-state index in [1.807, 2.05) is 27.7 Å². The summed E-state index contributed by atoms with van der Waals surface area (Å²) < 4.78 is 12.2. The first-order valence-corrected chi connectivity index (χ1v) is 7.00. The van der Waals surface area contributed by atoms with Gasteiger partial charge >= 0.3 is 5.97 Å². The van der Waals surface area contributed by atoms with Crippen molar-refractivity contribution >= 4 is 5.97 Å². The van der Waals surface area contributed by atoms with Gasteiger partial charge in [-0.25, -0.2) is 4.79 Å². The number of pyridine rings is 1. The normalized spacial score (nSPS) is 11.4. The van der Waals surface area contributed by atoms with Gasteiger partial charge < -0.3 is 9.47 Å². The highest BCUT2D eigenvalue weighted by Crippen LogP contribution is 2.28. The summed E-state index contributed by atoms with van der Waals surface area (Å²) in [7, 11) is 3.37. The van der Waals surface area contributed by atoms with Crippen LogP contribution in [0.3, 0.4) is 0 Å². The molecule has 118 valence electrons. The lowest BCUT2D eigenvalue weighted by Gasteiger charge is -2.19. The van der Waals surface area contributed by atoms with E-state index in [2.05, 4.69) is 10.1 Å². The molecule has 2 aromatic heterocycles. The Morgan fingerprint density at radius 1 is 1.27 bits per heavy atom. The first-order chi connectivity index (χ1) is 10.2. The highest BCUT2D eigenvalue weighted by Gasteiger charge is 2.26. The number of nitrogens with zero attached hydrogens (tertiary/aromatic N) is 3. The Balaban J connectivity index is 2.48. The molecule has 0 N–H and O–H groups in total. The molecule has 0 saturated carbocycles. The molecule has 6 heteroatoms. The average molecular weight is 303 g/mol. The SMILES string of the molecule is COc1ccc(-c2c(C(=O)OC(C)(C)C)nn(C)c2C)nc1. The molecular weight excluding hydrogens is 282 g/mol. The monoisotopic (exact) mass is 303 g/mol. The third-order valence-electron chi connectivity index (χ3n) is 3.15. The molecule has 0 saturated heterocycles. The van der Waals surface area contributed by atoms with E-state index in [0.717, 1.165) is 5.69 Å². The zero-order valence-corrected chi connectivity index (χ0v) is 13.8. The van der Waals surface area contributed by atoms with Crippen molar-refractivity contribution in [1.29, 1.82) is 0 Å². The molecule has 0 radical (unpaired) electrons. The molecule has 2 heterocycles. The molecule has 6 nitrogen and oxygen atoms in total. The summed E-state index contributed by atoms with van der Waals surface area (Å²) in [4.78, 5) is 16.7. The van der Waals surface area contributed by atoms with Crippen molar-refractivity contribution in [1.82, 2.24) is 14.8 Å². The molecule has 0 spiro atoms. The van der Waals surface area contributed by atoms with Crippen molar-refractivity contribution in [2.75, 3.05) is 7.11 Å². The summed E-state index contributed by atoms with van der Waals surface area (Å²) in [6.07, 6.45) is 1.61. The maximum absolute atomic E-state index is 12.4. The fraction of sp³-hybridized carbons (Fsp3) is 0.438. The number of aryl methyl sites for hydroxylation is 1. The largest absolute Gasteiger partial charge is 0.495 e. The van der Waals surface area contributed by atoms with Crippen LogP contribution in [0.5, 0.6) is 5.75 Å². The maximum Gasteiger partial charge on any atom is 0.360 e. The van der Waals surface area contributed by atoms with Gasteiger partial charge in [0.15, 0.2) is 5.69 Å². The quantitative estimate of drug-likeness (QED) is 0.816. The molecule has 0 aliphatic rings. The zero-order valence-electron chi connectivity index (χ0n) is 13.8. The molecule has 0 fully saturated rings. The summed E-state index contributed by atoms with van der Waals surface area (Å²) in [6, 6.07) is 3.60. The Labute approximate surface area is 130 Å². The number of carbonyl (C=O) groups is 1. The lowest BCUT2D eigenvalue weighted by molar-refractivity contribution is 0.00629. The molecule has 0 aliphatic carbocycles. The number of esters is 1. The predicted molar refractivity (Wildman–Crippen MR) is 82.9 cm³/mol. The summed E-state index contributed by atoms with van der Waals surface area (Å²) in [6.45, 7) is 7.37. The van der Waals surface area contributed by atoms with E-state index in [1.54, 1.807) is 37.2 Å². The molecule has 2 rings (SSSR count). The summed E-state index contributed by atoms with van der Waals surface area (Å²) in [5, 5.41) is 4.28. The Bertz CT molecular complexity index is 682. The van der Waals surface area contributed by atoms with Gasteiger partial charge in [0.05, 0.1) is 24.6 Å². The van der Waals surface area contributed by atoms with Gasteiger partial charge in [-0.05, 0) is 39.8 Å². The summed E-state index contributed by atoms with van der Waals surface area (Å²) >= 11 is 0. The number of methoxy groups -OCH3 is 1. The van der Waals surface area contributed by atoms with Crippen molar-refractivity contribution in [2.24, 2.45) is 7.05 Å². The number of aromatic nitrogens is 3. The van der Waals surface area contributed by atoms with Crippen LogP contribution in [0, 0.1) is 6.92 Å². The van der Waals surface area contributed by atoms with E-state index in [9.17, 15) is 4.79 Å². The predicted octanol–water partition coefficient (Wildman–Crippen LogP) is 2.75. The minimum atomic E-state index is -0.576. The molecule has 0 aromatic carbocycles. The Hall–Kier alpha value is -2.37. The molecule has 2 aromatic rings. The maximum atomic E-state index is 12.4. The first kappa shape index (κ1) is 16.0. The van der Waals surface area contributed by atoms with E-state index in [0.29, 0.717) is 17.0 Å². The van der Waals surface area contributed by atoms with Crippen LogP contribution in [0.1, 0.15) is 37.0 Å².